The normalized spacial score (nSPS) is 10.4. The van der Waals surface area contributed by atoms with Crippen LogP contribution < -0.4 is 14.8 Å². The van der Waals surface area contributed by atoms with Crippen molar-refractivity contribution in [3.05, 3.63) is 59.7 Å². The number of hydrogen-bond acceptors (Lipinski definition) is 6. The van der Waals surface area contributed by atoms with Crippen LogP contribution in [0.1, 0.15) is 29.8 Å². The third-order valence-corrected chi connectivity index (χ3v) is 3.77. The zero-order valence-electron chi connectivity index (χ0n) is 16.6. The minimum Gasteiger partial charge on any atom is -0.493 e. The molecular weight excluding hydrogens is 374 g/mol. The molecule has 1 N–H and O–H groups in total. The van der Waals surface area contributed by atoms with Gasteiger partial charge < -0.3 is 19.5 Å². The lowest BCUT2D eigenvalue weighted by molar-refractivity contribution is -0.136. The predicted molar refractivity (Wildman–Crippen MR) is 109 cm³/mol. The molecule has 29 heavy (non-hydrogen) atoms. The molecule has 2 aromatic carbocycles. The second-order valence-electron chi connectivity index (χ2n) is 5.97. The van der Waals surface area contributed by atoms with Crippen LogP contribution in [-0.2, 0) is 14.3 Å². The fourth-order valence-corrected chi connectivity index (χ4v) is 2.44. The lowest BCUT2D eigenvalue weighted by atomic mass is 10.1. The van der Waals surface area contributed by atoms with Gasteiger partial charge in [0.05, 0.1) is 13.7 Å². The molecule has 152 valence electrons. The number of amides is 1. The van der Waals surface area contributed by atoms with Gasteiger partial charge in [0, 0.05) is 24.3 Å². The van der Waals surface area contributed by atoms with Gasteiger partial charge in [-0.15, -0.1) is 0 Å². The summed E-state index contributed by atoms with van der Waals surface area (Å²) < 4.78 is 15.7. The monoisotopic (exact) mass is 397 g/mol. The van der Waals surface area contributed by atoms with Crippen molar-refractivity contribution in [3.8, 4) is 11.5 Å². The highest BCUT2D eigenvalue weighted by Crippen LogP contribution is 2.28. The Hall–Kier alpha value is -3.61. The maximum absolute atomic E-state index is 12.1. The third kappa shape index (κ3) is 6.80. The molecule has 0 atom stereocenters. The van der Waals surface area contributed by atoms with E-state index in [2.05, 4.69) is 5.32 Å². The van der Waals surface area contributed by atoms with Crippen molar-refractivity contribution < 1.29 is 28.6 Å². The van der Waals surface area contributed by atoms with Crippen LogP contribution >= 0.6 is 0 Å². The maximum atomic E-state index is 12.1. The van der Waals surface area contributed by atoms with Crippen LogP contribution in [0.25, 0.3) is 6.08 Å². The number of hydrogen-bond donors (Lipinski definition) is 1. The number of esters is 1. The first kappa shape index (κ1) is 21.7. The molecule has 2 rings (SSSR count). The number of anilines is 1. The Morgan fingerprint density at radius 3 is 2.38 bits per heavy atom. The number of methoxy groups -OCH3 is 1. The second-order valence-corrected chi connectivity index (χ2v) is 5.97. The quantitative estimate of drug-likeness (QED) is 0.396. The zero-order valence-corrected chi connectivity index (χ0v) is 16.6. The third-order valence-electron chi connectivity index (χ3n) is 3.77. The van der Waals surface area contributed by atoms with E-state index in [4.69, 9.17) is 14.2 Å². The summed E-state index contributed by atoms with van der Waals surface area (Å²) >= 11 is 0. The number of nitrogens with one attached hydrogen (secondary N) is 1. The van der Waals surface area contributed by atoms with Gasteiger partial charge in [-0.25, -0.2) is 4.79 Å². The summed E-state index contributed by atoms with van der Waals surface area (Å²) in [7, 11) is 1.54. The molecule has 0 fully saturated rings. The van der Waals surface area contributed by atoms with Crippen molar-refractivity contribution in [2.75, 3.05) is 25.6 Å². The van der Waals surface area contributed by atoms with Gasteiger partial charge in [-0.05, 0) is 55.0 Å². The molecule has 0 aliphatic heterocycles. The van der Waals surface area contributed by atoms with Crippen molar-refractivity contribution in [2.45, 2.75) is 13.8 Å². The fourth-order valence-electron chi connectivity index (χ4n) is 2.44. The standard InChI is InChI=1S/C22H23NO6/c1-4-28-20-11-5-16(13-21(20)27-3)6-12-22(26)29-14-19(25)17-7-9-18(10-8-17)23-15(2)24/h5-13H,4,14H2,1-3H3,(H,23,24)/b12-6+. The van der Waals surface area contributed by atoms with E-state index >= 15 is 0 Å². The van der Waals surface area contributed by atoms with Gasteiger partial charge in [-0.2, -0.15) is 0 Å². The van der Waals surface area contributed by atoms with E-state index < -0.39 is 5.97 Å². The molecule has 0 aromatic heterocycles. The number of carbonyl (C=O) groups excluding carboxylic acids is 3. The Balaban J connectivity index is 1.90. The lowest BCUT2D eigenvalue weighted by Crippen LogP contribution is -2.13. The summed E-state index contributed by atoms with van der Waals surface area (Å²) in [6.45, 7) is 3.41. The molecule has 0 heterocycles. The molecule has 1 amide bonds. The molecule has 0 aliphatic rings. The van der Waals surface area contributed by atoms with Crippen molar-refractivity contribution in [2.24, 2.45) is 0 Å². The lowest BCUT2D eigenvalue weighted by Gasteiger charge is -2.09. The van der Waals surface area contributed by atoms with Crippen LogP contribution in [0.4, 0.5) is 5.69 Å². The Morgan fingerprint density at radius 1 is 1.03 bits per heavy atom. The summed E-state index contributed by atoms with van der Waals surface area (Å²) in [6.07, 6.45) is 2.80. The fraction of sp³-hybridized carbons (Fsp3) is 0.227. The van der Waals surface area contributed by atoms with Crippen LogP contribution in [0.2, 0.25) is 0 Å². The highest BCUT2D eigenvalue weighted by molar-refractivity contribution is 5.99. The second kappa shape index (κ2) is 10.7. The van der Waals surface area contributed by atoms with Crippen LogP contribution in [0, 0.1) is 0 Å². The Bertz CT molecular complexity index is 902. The average molecular weight is 397 g/mol. The number of Topliss-reactive ketones (excluding diaryl/α,β-unsaturated/α-hetero) is 1. The maximum Gasteiger partial charge on any atom is 0.331 e. The van der Waals surface area contributed by atoms with Crippen LogP contribution in [0.15, 0.2) is 48.5 Å². The van der Waals surface area contributed by atoms with Gasteiger partial charge >= 0.3 is 5.97 Å². The molecular formula is C22H23NO6. The molecule has 0 radical (unpaired) electrons. The van der Waals surface area contributed by atoms with E-state index in [1.54, 1.807) is 48.5 Å². The number of ether oxygens (including phenoxy) is 3. The first-order valence-electron chi connectivity index (χ1n) is 8.99. The van der Waals surface area contributed by atoms with Gasteiger partial charge in [0.1, 0.15) is 0 Å². The van der Waals surface area contributed by atoms with E-state index in [0.29, 0.717) is 29.4 Å². The van der Waals surface area contributed by atoms with E-state index in [9.17, 15) is 14.4 Å². The molecule has 0 saturated carbocycles. The molecule has 0 unspecified atom stereocenters. The summed E-state index contributed by atoms with van der Waals surface area (Å²) in [5.74, 6) is -0.00929. The van der Waals surface area contributed by atoms with E-state index in [0.717, 1.165) is 5.56 Å². The van der Waals surface area contributed by atoms with E-state index in [1.807, 2.05) is 6.92 Å². The molecule has 2 aromatic rings. The zero-order chi connectivity index (χ0) is 21.2. The molecule has 7 nitrogen and oxygen atoms in total. The van der Waals surface area contributed by atoms with Crippen LogP contribution in [0.3, 0.4) is 0 Å². The van der Waals surface area contributed by atoms with Gasteiger partial charge in [0.2, 0.25) is 5.91 Å². The Kier molecular flexibility index (Phi) is 7.97. The van der Waals surface area contributed by atoms with Crippen molar-refractivity contribution in [3.63, 3.8) is 0 Å². The molecule has 0 bridgehead atoms. The number of ketones is 1. The van der Waals surface area contributed by atoms with Crippen molar-refractivity contribution >= 4 is 29.4 Å². The summed E-state index contributed by atoms with van der Waals surface area (Å²) in [5, 5.41) is 2.61. The Labute approximate surface area is 169 Å². The predicted octanol–water partition coefficient (Wildman–Crippen LogP) is 3.49. The van der Waals surface area contributed by atoms with Gasteiger partial charge in [-0.3, -0.25) is 9.59 Å². The van der Waals surface area contributed by atoms with Gasteiger partial charge in [0.15, 0.2) is 23.9 Å². The van der Waals surface area contributed by atoms with Gasteiger partial charge in [-0.1, -0.05) is 6.07 Å². The van der Waals surface area contributed by atoms with Crippen LogP contribution in [-0.4, -0.2) is 38.0 Å². The van der Waals surface area contributed by atoms with E-state index in [-0.39, 0.29) is 18.3 Å². The first-order valence-corrected chi connectivity index (χ1v) is 8.99. The molecule has 7 heteroatoms. The van der Waals surface area contributed by atoms with Crippen molar-refractivity contribution in [1.82, 2.24) is 0 Å². The molecule has 0 aliphatic carbocycles. The molecule has 0 spiro atoms. The highest BCUT2D eigenvalue weighted by atomic mass is 16.5. The SMILES string of the molecule is CCOc1ccc(/C=C/C(=O)OCC(=O)c2ccc(NC(C)=O)cc2)cc1OC. The number of rotatable bonds is 9. The largest absolute Gasteiger partial charge is 0.493 e. The van der Waals surface area contributed by atoms with E-state index in [1.165, 1.54) is 20.1 Å². The molecule has 0 saturated heterocycles. The number of benzene rings is 2. The first-order chi connectivity index (χ1) is 13.9. The summed E-state index contributed by atoms with van der Waals surface area (Å²) in [5.41, 5.74) is 1.69. The topological polar surface area (TPSA) is 90.9 Å². The van der Waals surface area contributed by atoms with Gasteiger partial charge in [0.25, 0.3) is 0 Å². The minimum absolute atomic E-state index is 0.199. The highest BCUT2D eigenvalue weighted by Gasteiger charge is 2.09. The summed E-state index contributed by atoms with van der Waals surface area (Å²) in [6, 6.07) is 11.6. The minimum atomic E-state index is -0.638. The van der Waals surface area contributed by atoms with Crippen LogP contribution in [0.5, 0.6) is 11.5 Å². The average Bonchev–Trinajstić information content (AvgIpc) is 2.71. The summed E-state index contributed by atoms with van der Waals surface area (Å²) in [4.78, 5) is 35.0. The smallest absolute Gasteiger partial charge is 0.331 e. The van der Waals surface area contributed by atoms with Crippen molar-refractivity contribution in [1.29, 1.82) is 0 Å². The Morgan fingerprint density at radius 2 is 1.76 bits per heavy atom. The number of carbonyl (C=O) groups is 3.